The molecule has 2 amide bonds. The van der Waals surface area contributed by atoms with E-state index in [0.717, 1.165) is 22.2 Å². The molecule has 3 aromatic rings. The van der Waals surface area contributed by atoms with Gasteiger partial charge in [0.05, 0.1) is 12.6 Å². The van der Waals surface area contributed by atoms with Gasteiger partial charge in [-0.15, -0.1) is 0 Å². The fourth-order valence-electron chi connectivity index (χ4n) is 4.53. The zero-order valence-electron chi connectivity index (χ0n) is 22.2. The van der Waals surface area contributed by atoms with Crippen molar-refractivity contribution in [2.24, 2.45) is 7.05 Å². The number of carbonyl (C=O) groups is 2. The molecule has 0 unspecified atom stereocenters. The lowest BCUT2D eigenvalue weighted by atomic mass is 10.0. The number of rotatable bonds is 5. The minimum atomic E-state index is -0.970. The zero-order chi connectivity index (χ0) is 27.4. The first-order valence-corrected chi connectivity index (χ1v) is 12.7. The molecular formula is C29H33FN4O4. The van der Waals surface area contributed by atoms with Crippen molar-refractivity contribution in [3.05, 3.63) is 59.9 Å². The average molecular weight is 521 g/mol. The Morgan fingerprint density at radius 2 is 2.00 bits per heavy atom. The van der Waals surface area contributed by atoms with Crippen LogP contribution in [-0.4, -0.2) is 58.9 Å². The number of nitrogens with zero attached hydrogens (tertiary/aromatic N) is 3. The van der Waals surface area contributed by atoms with E-state index in [4.69, 9.17) is 9.47 Å². The average Bonchev–Trinajstić information content (AvgIpc) is 3.03. The predicted octanol–water partition coefficient (Wildman–Crippen LogP) is 4.56. The van der Waals surface area contributed by atoms with Gasteiger partial charge >= 0.3 is 6.09 Å². The number of amides is 2. The molecule has 1 aliphatic heterocycles. The van der Waals surface area contributed by atoms with Crippen LogP contribution in [0.3, 0.4) is 0 Å². The molecule has 0 spiro atoms. The molecule has 1 fully saturated rings. The molecule has 1 N–H and O–H groups in total. The van der Waals surface area contributed by atoms with Crippen molar-refractivity contribution < 1.29 is 23.5 Å². The first-order chi connectivity index (χ1) is 18.1. The van der Waals surface area contributed by atoms with Gasteiger partial charge in [-0.1, -0.05) is 30.3 Å². The molecule has 9 heteroatoms. The second-order valence-corrected chi connectivity index (χ2v) is 10.5. The van der Waals surface area contributed by atoms with E-state index in [-0.39, 0.29) is 13.0 Å². The lowest BCUT2D eigenvalue weighted by molar-refractivity contribution is -0.133. The molecule has 200 valence electrons. The largest absolute Gasteiger partial charge is 0.444 e. The summed E-state index contributed by atoms with van der Waals surface area (Å²) in [7, 11) is 1.93. The molecule has 4 rings (SSSR count). The molecule has 38 heavy (non-hydrogen) atoms. The van der Waals surface area contributed by atoms with E-state index in [9.17, 15) is 14.9 Å². The Balaban J connectivity index is 1.43. The Morgan fingerprint density at radius 1 is 1.24 bits per heavy atom. The van der Waals surface area contributed by atoms with Gasteiger partial charge in [0.1, 0.15) is 17.5 Å². The summed E-state index contributed by atoms with van der Waals surface area (Å²) in [6.07, 6.45) is -0.934. The Morgan fingerprint density at radius 3 is 2.68 bits per heavy atom. The van der Waals surface area contributed by atoms with Gasteiger partial charge in [0.25, 0.3) is 5.91 Å². The number of fused-ring (bicyclic) bond motifs is 1. The van der Waals surface area contributed by atoms with E-state index in [1.165, 1.54) is 11.0 Å². The highest BCUT2D eigenvalue weighted by Gasteiger charge is 2.31. The molecule has 0 bridgehead atoms. The number of nitrogens with one attached hydrogen (secondary N) is 1. The van der Waals surface area contributed by atoms with Crippen molar-refractivity contribution in [1.29, 1.82) is 5.26 Å². The van der Waals surface area contributed by atoms with Crippen LogP contribution in [0.15, 0.2) is 48.5 Å². The van der Waals surface area contributed by atoms with Crippen LogP contribution >= 0.6 is 0 Å². The molecule has 2 heterocycles. The van der Waals surface area contributed by atoms with E-state index in [2.05, 4.69) is 5.32 Å². The molecule has 1 aromatic heterocycles. The van der Waals surface area contributed by atoms with Crippen molar-refractivity contribution >= 4 is 22.9 Å². The molecular weight excluding hydrogens is 487 g/mol. The van der Waals surface area contributed by atoms with Gasteiger partial charge in [0.15, 0.2) is 6.10 Å². The number of carbonyl (C=O) groups excluding carboxylic acids is 2. The summed E-state index contributed by atoms with van der Waals surface area (Å²) in [5, 5.41) is 13.4. The maximum Gasteiger partial charge on any atom is 0.410 e. The SMILES string of the molecule is Cn1c(-c2ccc(C[C@@H](C#N)NC(=O)[C@@H]3CN(C(=O)OC(C)(C)C)CCCO3)c(F)c2)cc2ccccc21. The number of aryl methyl sites for hydroxylation is 1. The van der Waals surface area contributed by atoms with Crippen LogP contribution in [0.2, 0.25) is 0 Å². The van der Waals surface area contributed by atoms with Crippen LogP contribution in [0, 0.1) is 17.1 Å². The number of halogens is 1. The van der Waals surface area contributed by atoms with E-state index in [0.29, 0.717) is 25.1 Å². The normalized spacial score (nSPS) is 16.9. The topological polar surface area (TPSA) is 96.6 Å². The van der Waals surface area contributed by atoms with Gasteiger partial charge < -0.3 is 24.3 Å². The van der Waals surface area contributed by atoms with Crippen LogP contribution in [0.4, 0.5) is 9.18 Å². The van der Waals surface area contributed by atoms with Crippen molar-refractivity contribution in [2.45, 2.75) is 51.4 Å². The van der Waals surface area contributed by atoms with Crippen LogP contribution in [0.5, 0.6) is 0 Å². The fraction of sp³-hybridized carbons (Fsp3) is 0.414. The molecule has 0 aliphatic carbocycles. The number of para-hydroxylation sites is 1. The third-order valence-electron chi connectivity index (χ3n) is 6.42. The smallest absolute Gasteiger partial charge is 0.410 e. The van der Waals surface area contributed by atoms with Gasteiger partial charge in [-0.05, 0) is 51.0 Å². The molecule has 2 atom stereocenters. The Hall–Kier alpha value is -3.90. The quantitative estimate of drug-likeness (QED) is 0.532. The Labute approximate surface area is 221 Å². The van der Waals surface area contributed by atoms with Crippen LogP contribution in [0.1, 0.15) is 32.8 Å². The summed E-state index contributed by atoms with van der Waals surface area (Å²) in [5.74, 6) is -0.983. The van der Waals surface area contributed by atoms with Crippen LogP contribution in [0.25, 0.3) is 22.2 Å². The number of ether oxygens (including phenoxy) is 2. The monoisotopic (exact) mass is 520 g/mol. The first-order valence-electron chi connectivity index (χ1n) is 12.7. The maximum atomic E-state index is 15.1. The van der Waals surface area contributed by atoms with E-state index in [1.807, 2.05) is 54.1 Å². The van der Waals surface area contributed by atoms with E-state index in [1.54, 1.807) is 26.8 Å². The summed E-state index contributed by atoms with van der Waals surface area (Å²) in [5.41, 5.74) is 2.29. The van der Waals surface area contributed by atoms with Crippen molar-refractivity contribution in [3.8, 4) is 17.3 Å². The zero-order valence-corrected chi connectivity index (χ0v) is 22.2. The number of hydrogen-bond donors (Lipinski definition) is 1. The number of aromatic nitrogens is 1. The Bertz CT molecular complexity index is 1370. The van der Waals surface area contributed by atoms with Gasteiger partial charge in [-0.3, -0.25) is 4.79 Å². The van der Waals surface area contributed by atoms with Crippen LogP contribution in [-0.2, 0) is 27.7 Å². The lowest BCUT2D eigenvalue weighted by Gasteiger charge is -2.27. The first kappa shape index (κ1) is 27.1. The summed E-state index contributed by atoms with van der Waals surface area (Å²) >= 11 is 0. The van der Waals surface area contributed by atoms with Gasteiger partial charge in [-0.2, -0.15) is 5.26 Å². The molecule has 0 radical (unpaired) electrons. The lowest BCUT2D eigenvalue weighted by Crippen LogP contribution is -2.48. The number of hydrogen-bond acceptors (Lipinski definition) is 5. The summed E-state index contributed by atoms with van der Waals surface area (Å²) in [6.45, 7) is 6.01. The molecule has 8 nitrogen and oxygen atoms in total. The van der Waals surface area contributed by atoms with Crippen molar-refractivity contribution in [1.82, 2.24) is 14.8 Å². The van der Waals surface area contributed by atoms with Gasteiger partial charge in [-0.25, -0.2) is 9.18 Å². The predicted molar refractivity (Wildman–Crippen MR) is 142 cm³/mol. The van der Waals surface area contributed by atoms with Gasteiger partial charge in [0.2, 0.25) is 0 Å². The fourth-order valence-corrected chi connectivity index (χ4v) is 4.53. The third kappa shape index (κ3) is 6.32. The third-order valence-corrected chi connectivity index (χ3v) is 6.42. The molecule has 1 saturated heterocycles. The minimum Gasteiger partial charge on any atom is -0.444 e. The Kier molecular flexibility index (Phi) is 8.02. The van der Waals surface area contributed by atoms with Gasteiger partial charge in [0, 0.05) is 48.8 Å². The van der Waals surface area contributed by atoms with Crippen LogP contribution < -0.4 is 5.32 Å². The highest BCUT2D eigenvalue weighted by Crippen LogP contribution is 2.28. The standard InChI is InChI=1S/C29H33FN4O4/c1-29(2,3)38-28(36)34-12-7-13-37-26(18-34)27(35)32-22(17-31)14-19-10-11-21(15-23(19)30)25-16-20-8-5-6-9-24(20)33(25)4/h5-6,8-11,15-16,22,26H,7,12-14,18H2,1-4H3,(H,32,35)/t22-,26-/m0/s1. The summed E-state index contributed by atoms with van der Waals surface area (Å²) in [4.78, 5) is 26.9. The summed E-state index contributed by atoms with van der Waals surface area (Å²) in [6, 6.07) is 15.9. The van der Waals surface area contributed by atoms with Crippen molar-refractivity contribution in [2.75, 3.05) is 19.7 Å². The second-order valence-electron chi connectivity index (χ2n) is 10.5. The van der Waals surface area contributed by atoms with E-state index < -0.39 is 35.6 Å². The highest BCUT2D eigenvalue weighted by atomic mass is 19.1. The van der Waals surface area contributed by atoms with E-state index >= 15 is 4.39 Å². The molecule has 2 aromatic carbocycles. The number of nitriles is 1. The number of benzene rings is 2. The second kappa shape index (κ2) is 11.2. The molecule has 0 saturated carbocycles. The molecule has 1 aliphatic rings. The highest BCUT2D eigenvalue weighted by molar-refractivity contribution is 5.87. The maximum absolute atomic E-state index is 15.1. The minimum absolute atomic E-state index is 0.00692. The summed E-state index contributed by atoms with van der Waals surface area (Å²) < 4.78 is 28.2. The van der Waals surface area contributed by atoms with Crippen molar-refractivity contribution in [3.63, 3.8) is 0 Å².